The molecule has 0 spiro atoms. The molecule has 2 rings (SSSR count). The van der Waals surface area contributed by atoms with Crippen LogP contribution in [0.1, 0.15) is 35.0 Å². The second kappa shape index (κ2) is 6.88. The molecule has 1 aromatic carbocycles. The third kappa shape index (κ3) is 4.05. The molecule has 0 aliphatic rings. The molecule has 2 N–H and O–H groups in total. The van der Waals surface area contributed by atoms with E-state index in [0.29, 0.717) is 12.1 Å². The van der Waals surface area contributed by atoms with Gasteiger partial charge in [-0.3, -0.25) is 9.78 Å². The summed E-state index contributed by atoms with van der Waals surface area (Å²) in [5, 5.41) is 0. The molecule has 110 valence electrons. The van der Waals surface area contributed by atoms with Gasteiger partial charge < -0.3 is 10.6 Å². The first-order chi connectivity index (χ1) is 10.1. The minimum atomic E-state index is 0.0409. The maximum atomic E-state index is 12.6. The highest BCUT2D eigenvalue weighted by atomic mass is 16.2. The van der Waals surface area contributed by atoms with Gasteiger partial charge in [-0.05, 0) is 43.2 Å². The van der Waals surface area contributed by atoms with Gasteiger partial charge in [0, 0.05) is 36.2 Å². The van der Waals surface area contributed by atoms with Crippen molar-refractivity contribution in [3.8, 4) is 0 Å². The summed E-state index contributed by atoms with van der Waals surface area (Å²) < 4.78 is 0. The van der Waals surface area contributed by atoms with Gasteiger partial charge in [0.1, 0.15) is 0 Å². The van der Waals surface area contributed by atoms with Gasteiger partial charge >= 0.3 is 0 Å². The first kappa shape index (κ1) is 15.0. The summed E-state index contributed by atoms with van der Waals surface area (Å²) in [6, 6.07) is 11.2. The molecule has 0 radical (unpaired) electrons. The average molecular weight is 283 g/mol. The second-order valence-electron chi connectivity index (χ2n) is 5.15. The van der Waals surface area contributed by atoms with E-state index in [9.17, 15) is 4.79 Å². The number of carbonyl (C=O) groups excluding carboxylic acids is 1. The molecule has 0 fully saturated rings. The third-order valence-corrected chi connectivity index (χ3v) is 3.28. The molecular formula is C17H21N3O. The molecule has 1 aromatic heterocycles. The van der Waals surface area contributed by atoms with Crippen molar-refractivity contribution in [1.29, 1.82) is 0 Å². The molecule has 0 saturated carbocycles. The first-order valence-corrected chi connectivity index (χ1v) is 7.16. The molecule has 0 bridgehead atoms. The third-order valence-electron chi connectivity index (χ3n) is 3.28. The maximum Gasteiger partial charge on any atom is 0.254 e. The van der Waals surface area contributed by atoms with Crippen LogP contribution in [-0.4, -0.2) is 22.3 Å². The molecule has 1 heterocycles. The van der Waals surface area contributed by atoms with E-state index in [4.69, 9.17) is 5.73 Å². The van der Waals surface area contributed by atoms with E-state index in [1.807, 2.05) is 42.2 Å². The Bertz CT molecular complexity index is 608. The highest BCUT2D eigenvalue weighted by Gasteiger charge is 2.15. The van der Waals surface area contributed by atoms with Gasteiger partial charge in [-0.25, -0.2) is 0 Å². The Kier molecular flexibility index (Phi) is 4.93. The van der Waals surface area contributed by atoms with E-state index in [0.717, 1.165) is 29.9 Å². The summed E-state index contributed by atoms with van der Waals surface area (Å²) in [5.74, 6) is 0.0409. The summed E-state index contributed by atoms with van der Waals surface area (Å²) in [6.07, 6.45) is 2.60. The smallest absolute Gasteiger partial charge is 0.254 e. The van der Waals surface area contributed by atoms with Crippen molar-refractivity contribution in [2.75, 3.05) is 12.3 Å². The molecular weight excluding hydrogens is 262 g/mol. The van der Waals surface area contributed by atoms with Crippen LogP contribution in [0.15, 0.2) is 42.6 Å². The van der Waals surface area contributed by atoms with E-state index in [2.05, 4.69) is 11.9 Å². The van der Waals surface area contributed by atoms with E-state index in [1.165, 1.54) is 0 Å². The number of hydrogen-bond donors (Lipinski definition) is 1. The van der Waals surface area contributed by atoms with Gasteiger partial charge in [0.25, 0.3) is 5.91 Å². The molecule has 4 heteroatoms. The van der Waals surface area contributed by atoms with Crippen molar-refractivity contribution in [2.45, 2.75) is 26.8 Å². The quantitative estimate of drug-likeness (QED) is 0.858. The van der Waals surface area contributed by atoms with Crippen LogP contribution in [0.4, 0.5) is 5.69 Å². The molecule has 2 aromatic rings. The highest BCUT2D eigenvalue weighted by molar-refractivity contribution is 5.94. The largest absolute Gasteiger partial charge is 0.399 e. The fraction of sp³-hybridized carbons (Fsp3) is 0.294. The zero-order valence-electron chi connectivity index (χ0n) is 12.5. The molecule has 1 amide bonds. The first-order valence-electron chi connectivity index (χ1n) is 7.16. The minimum absolute atomic E-state index is 0.0409. The van der Waals surface area contributed by atoms with Crippen molar-refractivity contribution in [3.05, 3.63) is 59.4 Å². The van der Waals surface area contributed by atoms with Gasteiger partial charge in [0.05, 0.1) is 0 Å². The summed E-state index contributed by atoms with van der Waals surface area (Å²) in [7, 11) is 0. The number of nitrogen functional groups attached to an aromatic ring is 1. The zero-order chi connectivity index (χ0) is 15.2. The van der Waals surface area contributed by atoms with Crippen LogP contribution in [-0.2, 0) is 6.54 Å². The lowest BCUT2D eigenvalue weighted by Gasteiger charge is -2.22. The van der Waals surface area contributed by atoms with Gasteiger partial charge in [-0.1, -0.05) is 19.1 Å². The molecule has 4 nitrogen and oxygen atoms in total. The fourth-order valence-electron chi connectivity index (χ4n) is 2.23. The number of pyridine rings is 1. The number of hydrogen-bond acceptors (Lipinski definition) is 3. The molecule has 0 unspecified atom stereocenters. The van der Waals surface area contributed by atoms with Crippen LogP contribution < -0.4 is 5.73 Å². The van der Waals surface area contributed by atoms with Crippen LogP contribution in [0.3, 0.4) is 0 Å². The number of amides is 1. The van der Waals surface area contributed by atoms with E-state index in [1.54, 1.807) is 12.3 Å². The van der Waals surface area contributed by atoms with Gasteiger partial charge in [0.2, 0.25) is 0 Å². The van der Waals surface area contributed by atoms with Crippen molar-refractivity contribution >= 4 is 11.6 Å². The van der Waals surface area contributed by atoms with Crippen molar-refractivity contribution in [3.63, 3.8) is 0 Å². The van der Waals surface area contributed by atoms with Crippen LogP contribution in [0, 0.1) is 6.92 Å². The predicted octanol–water partition coefficient (Wildman–Crippen LogP) is 3.02. The number of rotatable bonds is 5. The van der Waals surface area contributed by atoms with Gasteiger partial charge in [-0.15, -0.1) is 0 Å². The lowest BCUT2D eigenvalue weighted by Crippen LogP contribution is -2.31. The minimum Gasteiger partial charge on any atom is -0.399 e. The van der Waals surface area contributed by atoms with Gasteiger partial charge in [-0.2, -0.15) is 0 Å². The Morgan fingerprint density at radius 2 is 1.95 bits per heavy atom. The number of aromatic nitrogens is 1. The molecule has 0 saturated heterocycles. The lowest BCUT2D eigenvalue weighted by molar-refractivity contribution is 0.0743. The molecule has 0 aliphatic carbocycles. The van der Waals surface area contributed by atoms with E-state index < -0.39 is 0 Å². The number of nitrogens with two attached hydrogens (primary N) is 1. The predicted molar refractivity (Wildman–Crippen MR) is 84.9 cm³/mol. The topological polar surface area (TPSA) is 59.2 Å². The van der Waals surface area contributed by atoms with Crippen LogP contribution in [0.2, 0.25) is 0 Å². The normalized spacial score (nSPS) is 10.4. The highest BCUT2D eigenvalue weighted by Crippen LogP contribution is 2.13. The van der Waals surface area contributed by atoms with Crippen LogP contribution in [0.5, 0.6) is 0 Å². The van der Waals surface area contributed by atoms with Crippen molar-refractivity contribution in [1.82, 2.24) is 9.88 Å². The number of nitrogens with zero attached hydrogens (tertiary/aromatic N) is 2. The Balaban J connectivity index is 2.18. The Hall–Kier alpha value is -2.36. The SMILES string of the molecule is CCCN(Cc1ccc(N)cc1)C(=O)c1ccnc(C)c1. The zero-order valence-corrected chi connectivity index (χ0v) is 12.5. The van der Waals surface area contributed by atoms with Crippen molar-refractivity contribution in [2.24, 2.45) is 0 Å². The molecule has 0 aliphatic heterocycles. The fourth-order valence-corrected chi connectivity index (χ4v) is 2.23. The molecule has 0 atom stereocenters. The number of benzene rings is 1. The Labute approximate surface area is 125 Å². The summed E-state index contributed by atoms with van der Waals surface area (Å²) >= 11 is 0. The number of aryl methyl sites for hydroxylation is 1. The summed E-state index contributed by atoms with van der Waals surface area (Å²) in [6.45, 7) is 5.28. The second-order valence-corrected chi connectivity index (χ2v) is 5.15. The van der Waals surface area contributed by atoms with E-state index >= 15 is 0 Å². The van der Waals surface area contributed by atoms with E-state index in [-0.39, 0.29) is 5.91 Å². The average Bonchev–Trinajstić information content (AvgIpc) is 2.48. The molecule has 21 heavy (non-hydrogen) atoms. The number of carbonyl (C=O) groups is 1. The number of anilines is 1. The standard InChI is InChI=1S/C17H21N3O/c1-3-10-20(12-14-4-6-16(18)7-5-14)17(21)15-8-9-19-13(2)11-15/h4-9,11H,3,10,12,18H2,1-2H3. The van der Waals surface area contributed by atoms with Crippen LogP contribution >= 0.6 is 0 Å². The van der Waals surface area contributed by atoms with Crippen molar-refractivity contribution < 1.29 is 4.79 Å². The Morgan fingerprint density at radius 3 is 2.57 bits per heavy atom. The van der Waals surface area contributed by atoms with Crippen LogP contribution in [0.25, 0.3) is 0 Å². The Morgan fingerprint density at radius 1 is 1.24 bits per heavy atom. The summed E-state index contributed by atoms with van der Waals surface area (Å²) in [5.41, 5.74) is 9.05. The summed E-state index contributed by atoms with van der Waals surface area (Å²) in [4.78, 5) is 18.6. The maximum absolute atomic E-state index is 12.6. The lowest BCUT2D eigenvalue weighted by atomic mass is 10.1. The van der Waals surface area contributed by atoms with Gasteiger partial charge in [0.15, 0.2) is 0 Å². The monoisotopic (exact) mass is 283 g/mol.